The molecule has 2 amide bonds. The number of hydrogen-bond donors (Lipinski definition) is 0. The van der Waals surface area contributed by atoms with Crippen molar-refractivity contribution in [3.05, 3.63) is 27.7 Å². The first kappa shape index (κ1) is 13.9. The van der Waals surface area contributed by atoms with Gasteiger partial charge in [-0.25, -0.2) is 0 Å². The number of hydrogen-bond acceptors (Lipinski definition) is 2. The van der Waals surface area contributed by atoms with Crippen molar-refractivity contribution >= 4 is 45.0 Å². The molecule has 0 saturated carbocycles. The number of piperazine rings is 1. The number of halogens is 2. The minimum absolute atomic E-state index is 0.00495. The maximum absolute atomic E-state index is 12.6. The van der Waals surface area contributed by atoms with E-state index in [1.165, 1.54) is 4.90 Å². The van der Waals surface area contributed by atoms with Gasteiger partial charge in [-0.2, -0.15) is 0 Å². The van der Waals surface area contributed by atoms with E-state index in [1.807, 2.05) is 6.07 Å². The second kappa shape index (κ2) is 5.37. The summed E-state index contributed by atoms with van der Waals surface area (Å²) in [6.45, 7) is 0.765. The Bertz CT molecular complexity index is 578. The molecule has 20 heavy (non-hydrogen) atoms. The zero-order valence-electron chi connectivity index (χ0n) is 10.8. The number of amides is 2. The van der Waals surface area contributed by atoms with E-state index < -0.39 is 0 Å². The summed E-state index contributed by atoms with van der Waals surface area (Å²) in [5.41, 5.74) is 0.601. The van der Waals surface area contributed by atoms with E-state index in [0.717, 1.165) is 23.7 Å². The molecule has 1 unspecified atom stereocenters. The lowest BCUT2D eigenvalue weighted by atomic mass is 9.98. The number of carbonyl (C=O) groups excluding carboxylic acids is 2. The van der Waals surface area contributed by atoms with E-state index in [4.69, 9.17) is 11.6 Å². The summed E-state index contributed by atoms with van der Waals surface area (Å²) in [5.74, 6) is -0.0188. The topological polar surface area (TPSA) is 40.6 Å². The van der Waals surface area contributed by atoms with Gasteiger partial charge in [0.2, 0.25) is 11.8 Å². The fourth-order valence-electron chi connectivity index (χ4n) is 2.87. The summed E-state index contributed by atoms with van der Waals surface area (Å²) in [6, 6.07) is 5.01. The van der Waals surface area contributed by atoms with Crippen LogP contribution in [0.1, 0.15) is 19.3 Å². The van der Waals surface area contributed by atoms with Gasteiger partial charge < -0.3 is 4.90 Å². The van der Waals surface area contributed by atoms with Gasteiger partial charge in [0.05, 0.1) is 10.7 Å². The standard InChI is InChI=1S/C14H14BrClN2O2/c15-9-4-5-10(16)12(7-9)18-8-13(19)17-6-2-1-3-11(17)14(18)20/h4-5,7,11H,1-3,6,8H2. The summed E-state index contributed by atoms with van der Waals surface area (Å²) >= 11 is 9.55. The third-order valence-electron chi connectivity index (χ3n) is 3.87. The molecule has 0 radical (unpaired) electrons. The lowest BCUT2D eigenvalue weighted by molar-refractivity contribution is -0.144. The number of rotatable bonds is 1. The molecule has 1 aromatic carbocycles. The Balaban J connectivity index is 1.96. The predicted octanol–water partition coefficient (Wildman–Crippen LogP) is 2.83. The number of nitrogens with zero attached hydrogens (tertiary/aromatic N) is 2. The minimum atomic E-state index is -0.319. The molecule has 4 nitrogen and oxygen atoms in total. The van der Waals surface area contributed by atoms with E-state index >= 15 is 0 Å². The molecule has 1 atom stereocenters. The highest BCUT2D eigenvalue weighted by Gasteiger charge is 2.41. The average molecular weight is 358 g/mol. The van der Waals surface area contributed by atoms with Crippen molar-refractivity contribution in [1.29, 1.82) is 0 Å². The van der Waals surface area contributed by atoms with Crippen LogP contribution in [0.25, 0.3) is 0 Å². The molecule has 2 saturated heterocycles. The highest BCUT2D eigenvalue weighted by atomic mass is 79.9. The quantitative estimate of drug-likeness (QED) is 0.775. The molecule has 0 N–H and O–H groups in total. The molecule has 1 aromatic rings. The SMILES string of the molecule is O=C1C2CCCCN2C(=O)CN1c1cc(Br)ccc1Cl. The van der Waals surface area contributed by atoms with Gasteiger partial charge in [-0.3, -0.25) is 14.5 Å². The number of fused-ring (bicyclic) bond motifs is 1. The Labute approximate surface area is 130 Å². The number of piperidine rings is 1. The molecule has 106 valence electrons. The van der Waals surface area contributed by atoms with E-state index in [9.17, 15) is 9.59 Å². The Hall–Kier alpha value is -1.07. The van der Waals surface area contributed by atoms with Crippen LogP contribution in [0.5, 0.6) is 0 Å². The summed E-state index contributed by atoms with van der Waals surface area (Å²) in [4.78, 5) is 28.1. The van der Waals surface area contributed by atoms with Gasteiger partial charge in [0.15, 0.2) is 0 Å². The first-order chi connectivity index (χ1) is 9.58. The average Bonchev–Trinajstić information content (AvgIpc) is 2.46. The fraction of sp³-hybridized carbons (Fsp3) is 0.429. The minimum Gasteiger partial charge on any atom is -0.329 e. The van der Waals surface area contributed by atoms with Crippen molar-refractivity contribution < 1.29 is 9.59 Å². The number of carbonyl (C=O) groups is 2. The van der Waals surface area contributed by atoms with E-state index in [1.54, 1.807) is 17.0 Å². The van der Waals surface area contributed by atoms with Crippen LogP contribution in [-0.4, -0.2) is 35.8 Å². The van der Waals surface area contributed by atoms with Crippen LogP contribution in [0.3, 0.4) is 0 Å². The van der Waals surface area contributed by atoms with Crippen LogP contribution < -0.4 is 4.90 Å². The molecular weight excluding hydrogens is 344 g/mol. The van der Waals surface area contributed by atoms with Crippen molar-refractivity contribution in [1.82, 2.24) is 4.90 Å². The normalized spacial score (nSPS) is 23.0. The fourth-order valence-corrected chi connectivity index (χ4v) is 3.44. The summed E-state index contributed by atoms with van der Waals surface area (Å²) in [7, 11) is 0. The summed E-state index contributed by atoms with van der Waals surface area (Å²) in [6.07, 6.45) is 2.71. The molecule has 2 aliphatic heterocycles. The van der Waals surface area contributed by atoms with E-state index in [-0.39, 0.29) is 24.4 Å². The molecule has 3 rings (SSSR count). The first-order valence-electron chi connectivity index (χ1n) is 6.64. The maximum atomic E-state index is 12.6. The third-order valence-corrected chi connectivity index (χ3v) is 4.68. The molecule has 0 aliphatic carbocycles. The zero-order chi connectivity index (χ0) is 14.3. The molecule has 0 aromatic heterocycles. The van der Waals surface area contributed by atoms with Gasteiger partial charge in [-0.15, -0.1) is 0 Å². The smallest absolute Gasteiger partial charge is 0.250 e. The van der Waals surface area contributed by atoms with Gasteiger partial charge in [0.25, 0.3) is 0 Å². The van der Waals surface area contributed by atoms with Crippen molar-refractivity contribution in [2.45, 2.75) is 25.3 Å². The molecule has 2 heterocycles. The molecule has 6 heteroatoms. The predicted molar refractivity (Wildman–Crippen MR) is 80.9 cm³/mol. The van der Waals surface area contributed by atoms with Gasteiger partial charge >= 0.3 is 0 Å². The Morgan fingerprint density at radius 3 is 2.85 bits per heavy atom. The summed E-state index contributed by atoms with van der Waals surface area (Å²) < 4.78 is 0.836. The van der Waals surface area contributed by atoms with Crippen LogP contribution in [-0.2, 0) is 9.59 Å². The second-order valence-corrected chi connectivity index (χ2v) is 6.44. The van der Waals surface area contributed by atoms with Crippen LogP contribution >= 0.6 is 27.5 Å². The Morgan fingerprint density at radius 2 is 2.05 bits per heavy atom. The molecule has 2 aliphatic rings. The van der Waals surface area contributed by atoms with Crippen LogP contribution in [0, 0.1) is 0 Å². The van der Waals surface area contributed by atoms with Crippen molar-refractivity contribution in [3.63, 3.8) is 0 Å². The maximum Gasteiger partial charge on any atom is 0.250 e. The second-order valence-electron chi connectivity index (χ2n) is 5.12. The Kier molecular flexibility index (Phi) is 3.73. The van der Waals surface area contributed by atoms with Crippen molar-refractivity contribution in [2.75, 3.05) is 18.0 Å². The van der Waals surface area contributed by atoms with Gasteiger partial charge in [0, 0.05) is 11.0 Å². The lowest BCUT2D eigenvalue weighted by Crippen LogP contribution is -2.61. The van der Waals surface area contributed by atoms with E-state index in [0.29, 0.717) is 17.3 Å². The lowest BCUT2D eigenvalue weighted by Gasteiger charge is -2.42. The Morgan fingerprint density at radius 1 is 1.25 bits per heavy atom. The first-order valence-corrected chi connectivity index (χ1v) is 7.81. The van der Waals surface area contributed by atoms with E-state index in [2.05, 4.69) is 15.9 Å². The van der Waals surface area contributed by atoms with Gasteiger partial charge in [0.1, 0.15) is 12.6 Å². The largest absolute Gasteiger partial charge is 0.329 e. The number of anilines is 1. The zero-order valence-corrected chi connectivity index (χ0v) is 13.2. The molecule has 0 spiro atoms. The monoisotopic (exact) mass is 356 g/mol. The van der Waals surface area contributed by atoms with Crippen LogP contribution in [0.2, 0.25) is 5.02 Å². The molecule has 2 fully saturated rings. The van der Waals surface area contributed by atoms with Crippen LogP contribution in [0.15, 0.2) is 22.7 Å². The van der Waals surface area contributed by atoms with Crippen molar-refractivity contribution in [2.24, 2.45) is 0 Å². The van der Waals surface area contributed by atoms with Crippen molar-refractivity contribution in [3.8, 4) is 0 Å². The highest BCUT2D eigenvalue weighted by Crippen LogP contribution is 2.33. The van der Waals surface area contributed by atoms with Gasteiger partial charge in [-0.1, -0.05) is 27.5 Å². The number of benzene rings is 1. The summed E-state index contributed by atoms with van der Waals surface area (Å²) in [5, 5.41) is 0.485. The molecular formula is C14H14BrClN2O2. The van der Waals surface area contributed by atoms with Gasteiger partial charge in [-0.05, 0) is 37.5 Å². The molecule has 0 bridgehead atoms. The van der Waals surface area contributed by atoms with Crippen LogP contribution in [0.4, 0.5) is 5.69 Å². The third kappa shape index (κ3) is 2.33. The highest BCUT2D eigenvalue weighted by molar-refractivity contribution is 9.10.